The maximum atomic E-state index is 11.9. The van der Waals surface area contributed by atoms with E-state index >= 15 is 0 Å². The predicted octanol–water partition coefficient (Wildman–Crippen LogP) is 3.24. The van der Waals surface area contributed by atoms with Crippen molar-refractivity contribution < 1.29 is 17.6 Å². The molecule has 0 bridgehead atoms. The van der Waals surface area contributed by atoms with Gasteiger partial charge in [-0.3, -0.25) is 0 Å². The standard InChI is InChI=1S/C7H6BrF3O/c8-4-3-5-1-2-6(12-5)7(9,10)11/h1-2H,3-4H2. The van der Waals surface area contributed by atoms with Crippen molar-refractivity contribution in [2.45, 2.75) is 12.6 Å². The van der Waals surface area contributed by atoms with Crippen molar-refractivity contribution in [1.82, 2.24) is 0 Å². The van der Waals surface area contributed by atoms with Crippen LogP contribution in [-0.2, 0) is 12.6 Å². The average Bonchev–Trinajstić information content (AvgIpc) is 2.35. The summed E-state index contributed by atoms with van der Waals surface area (Å²) in [6, 6.07) is 2.28. The summed E-state index contributed by atoms with van der Waals surface area (Å²) in [5.74, 6) is -0.586. The van der Waals surface area contributed by atoms with Gasteiger partial charge in [0.15, 0.2) is 0 Å². The molecule has 0 aliphatic rings. The fourth-order valence-corrected chi connectivity index (χ4v) is 1.15. The largest absolute Gasteiger partial charge is 0.456 e. The summed E-state index contributed by atoms with van der Waals surface area (Å²) in [5, 5.41) is 0.595. The van der Waals surface area contributed by atoms with Gasteiger partial charge in [-0.25, -0.2) is 0 Å². The van der Waals surface area contributed by atoms with Crippen LogP contribution in [0.3, 0.4) is 0 Å². The molecule has 0 aliphatic heterocycles. The Kier molecular flexibility index (Phi) is 2.82. The molecular formula is C7H6BrF3O. The van der Waals surface area contributed by atoms with Crippen molar-refractivity contribution in [1.29, 1.82) is 0 Å². The molecular weight excluding hydrogens is 237 g/mol. The van der Waals surface area contributed by atoms with Gasteiger partial charge < -0.3 is 4.42 Å². The number of halogens is 4. The van der Waals surface area contributed by atoms with Gasteiger partial charge in [-0.15, -0.1) is 0 Å². The fourth-order valence-electron chi connectivity index (χ4n) is 0.758. The highest BCUT2D eigenvalue weighted by Gasteiger charge is 2.34. The summed E-state index contributed by atoms with van der Waals surface area (Å²) < 4.78 is 40.3. The summed E-state index contributed by atoms with van der Waals surface area (Å²) in [6.07, 6.45) is -3.90. The van der Waals surface area contributed by atoms with Gasteiger partial charge in [0, 0.05) is 11.8 Å². The zero-order chi connectivity index (χ0) is 9.19. The van der Waals surface area contributed by atoms with E-state index in [1.165, 1.54) is 6.07 Å². The van der Waals surface area contributed by atoms with Gasteiger partial charge in [0.1, 0.15) is 5.76 Å². The van der Waals surface area contributed by atoms with Crippen molar-refractivity contribution in [2.24, 2.45) is 0 Å². The van der Waals surface area contributed by atoms with E-state index in [4.69, 9.17) is 0 Å². The van der Waals surface area contributed by atoms with Crippen LogP contribution in [0, 0.1) is 0 Å². The van der Waals surface area contributed by atoms with Crippen LogP contribution in [0.5, 0.6) is 0 Å². The molecule has 0 aliphatic carbocycles. The second kappa shape index (κ2) is 3.51. The van der Waals surface area contributed by atoms with Crippen molar-refractivity contribution in [3.05, 3.63) is 23.7 Å². The molecule has 1 heterocycles. The number of hydrogen-bond donors (Lipinski definition) is 0. The van der Waals surface area contributed by atoms with Crippen molar-refractivity contribution in [2.75, 3.05) is 5.33 Å². The summed E-state index contributed by atoms with van der Waals surface area (Å²) in [5.41, 5.74) is 0. The predicted molar refractivity (Wildman–Crippen MR) is 41.2 cm³/mol. The highest BCUT2D eigenvalue weighted by Crippen LogP contribution is 2.30. The van der Waals surface area contributed by atoms with E-state index in [0.717, 1.165) is 6.07 Å². The Bertz CT molecular complexity index is 253. The van der Waals surface area contributed by atoms with E-state index < -0.39 is 11.9 Å². The Hall–Kier alpha value is -0.450. The van der Waals surface area contributed by atoms with E-state index in [1.807, 2.05) is 0 Å². The molecule has 5 heteroatoms. The van der Waals surface area contributed by atoms with Crippen LogP contribution in [0.1, 0.15) is 11.5 Å². The second-order valence-electron chi connectivity index (χ2n) is 2.20. The lowest BCUT2D eigenvalue weighted by Crippen LogP contribution is -2.02. The third-order valence-corrected chi connectivity index (χ3v) is 1.68. The van der Waals surface area contributed by atoms with Gasteiger partial charge >= 0.3 is 6.18 Å². The first-order chi connectivity index (χ1) is 5.54. The molecule has 0 N–H and O–H groups in total. The molecule has 0 fully saturated rings. The summed E-state index contributed by atoms with van der Waals surface area (Å²) in [4.78, 5) is 0. The molecule has 0 aromatic carbocycles. The first-order valence-electron chi connectivity index (χ1n) is 3.26. The van der Waals surface area contributed by atoms with Gasteiger partial charge in [-0.05, 0) is 12.1 Å². The lowest BCUT2D eigenvalue weighted by atomic mass is 10.3. The highest BCUT2D eigenvalue weighted by molar-refractivity contribution is 9.09. The maximum absolute atomic E-state index is 11.9. The Morgan fingerprint density at radius 2 is 2.00 bits per heavy atom. The molecule has 1 aromatic heterocycles. The minimum absolute atomic E-state index is 0.346. The Morgan fingerprint density at radius 1 is 1.33 bits per heavy atom. The molecule has 0 radical (unpaired) electrons. The third kappa shape index (κ3) is 2.27. The monoisotopic (exact) mass is 242 g/mol. The van der Waals surface area contributed by atoms with Crippen LogP contribution in [0.15, 0.2) is 16.5 Å². The third-order valence-electron chi connectivity index (χ3n) is 1.28. The topological polar surface area (TPSA) is 13.1 Å². The number of rotatable bonds is 2. The second-order valence-corrected chi connectivity index (χ2v) is 3.00. The summed E-state index contributed by atoms with van der Waals surface area (Å²) in [6.45, 7) is 0. The van der Waals surface area contributed by atoms with Crippen LogP contribution in [0.4, 0.5) is 13.2 Å². The lowest BCUT2D eigenvalue weighted by molar-refractivity contribution is -0.153. The molecule has 12 heavy (non-hydrogen) atoms. The smallest absolute Gasteiger partial charge is 0.449 e. The molecule has 1 rings (SSSR count). The zero-order valence-electron chi connectivity index (χ0n) is 5.99. The van der Waals surface area contributed by atoms with Gasteiger partial charge in [0.05, 0.1) is 0 Å². The Labute approximate surface area is 75.7 Å². The van der Waals surface area contributed by atoms with Crippen molar-refractivity contribution in [3.63, 3.8) is 0 Å². The van der Waals surface area contributed by atoms with Crippen LogP contribution >= 0.6 is 15.9 Å². The van der Waals surface area contributed by atoms with Gasteiger partial charge in [0.25, 0.3) is 0 Å². The quantitative estimate of drug-likeness (QED) is 0.726. The number of alkyl halides is 4. The van der Waals surface area contributed by atoms with Gasteiger partial charge in [0.2, 0.25) is 5.76 Å². The average molecular weight is 243 g/mol. The fraction of sp³-hybridized carbons (Fsp3) is 0.429. The molecule has 0 amide bonds. The molecule has 1 aromatic rings. The van der Waals surface area contributed by atoms with E-state index in [-0.39, 0.29) is 0 Å². The van der Waals surface area contributed by atoms with Crippen LogP contribution in [0.2, 0.25) is 0 Å². The molecule has 1 nitrogen and oxygen atoms in total. The molecule has 0 saturated heterocycles. The normalized spacial score (nSPS) is 12.0. The molecule has 0 atom stereocenters. The van der Waals surface area contributed by atoms with Crippen LogP contribution in [0.25, 0.3) is 0 Å². The Balaban J connectivity index is 2.77. The first-order valence-corrected chi connectivity index (χ1v) is 4.38. The maximum Gasteiger partial charge on any atom is 0.449 e. The van der Waals surface area contributed by atoms with Gasteiger partial charge in [-0.1, -0.05) is 15.9 Å². The van der Waals surface area contributed by atoms with Gasteiger partial charge in [-0.2, -0.15) is 13.2 Å². The molecule has 68 valence electrons. The number of hydrogen-bond acceptors (Lipinski definition) is 1. The van der Waals surface area contributed by atoms with E-state index in [2.05, 4.69) is 20.3 Å². The van der Waals surface area contributed by atoms with Crippen LogP contribution < -0.4 is 0 Å². The summed E-state index contributed by atoms with van der Waals surface area (Å²) in [7, 11) is 0. The minimum atomic E-state index is -4.37. The number of furan rings is 1. The Morgan fingerprint density at radius 3 is 2.42 bits per heavy atom. The highest BCUT2D eigenvalue weighted by atomic mass is 79.9. The first kappa shape index (κ1) is 9.64. The van der Waals surface area contributed by atoms with E-state index in [1.54, 1.807) is 0 Å². The molecule has 0 unspecified atom stereocenters. The van der Waals surface area contributed by atoms with Crippen LogP contribution in [-0.4, -0.2) is 5.33 Å². The lowest BCUT2D eigenvalue weighted by Gasteiger charge is -2.00. The SMILES string of the molecule is FC(F)(F)c1ccc(CCBr)o1. The summed E-state index contributed by atoms with van der Waals surface area (Å²) >= 11 is 3.10. The van der Waals surface area contributed by atoms with Crippen molar-refractivity contribution >= 4 is 15.9 Å². The molecule has 0 spiro atoms. The zero-order valence-corrected chi connectivity index (χ0v) is 7.58. The van der Waals surface area contributed by atoms with Crippen molar-refractivity contribution in [3.8, 4) is 0 Å². The minimum Gasteiger partial charge on any atom is -0.456 e. The molecule has 0 saturated carbocycles. The van der Waals surface area contributed by atoms with E-state index in [9.17, 15) is 13.2 Å². The number of aryl methyl sites for hydroxylation is 1. The van der Waals surface area contributed by atoms with E-state index in [0.29, 0.717) is 17.5 Å².